The average Bonchev–Trinajstić information content (AvgIpc) is 2.33. The summed E-state index contributed by atoms with van der Waals surface area (Å²) in [6.07, 6.45) is 0. The first-order valence-corrected chi connectivity index (χ1v) is 5.42. The number of carboxylic acid groups (broad SMARTS) is 1. The highest BCUT2D eigenvalue weighted by molar-refractivity contribution is 5.96. The lowest BCUT2D eigenvalue weighted by Crippen LogP contribution is -2.26. The second-order valence-electron chi connectivity index (χ2n) is 3.67. The first-order valence-electron chi connectivity index (χ1n) is 5.42. The van der Waals surface area contributed by atoms with Gasteiger partial charge in [-0.3, -0.25) is 14.9 Å². The van der Waals surface area contributed by atoms with Crippen LogP contribution < -0.4 is 10.6 Å². The molecule has 1 rings (SSSR count). The highest BCUT2D eigenvalue weighted by Gasteiger charge is 2.20. The molecule has 0 aliphatic heterocycles. The molecule has 0 aliphatic carbocycles. The van der Waals surface area contributed by atoms with Crippen molar-refractivity contribution < 1.29 is 19.6 Å². The molecule has 0 heterocycles. The summed E-state index contributed by atoms with van der Waals surface area (Å²) in [5.74, 6) is -1.49. The Labute approximate surface area is 108 Å². The van der Waals surface area contributed by atoms with Crippen molar-refractivity contribution in [2.45, 2.75) is 6.92 Å². The number of carbonyl (C=O) groups excluding carboxylic acids is 1. The molecule has 19 heavy (non-hydrogen) atoms. The molecule has 8 nitrogen and oxygen atoms in total. The van der Waals surface area contributed by atoms with Crippen LogP contribution in [0.25, 0.3) is 0 Å². The number of anilines is 1. The number of para-hydroxylation sites is 1. The molecule has 0 aliphatic rings. The molecule has 0 saturated heterocycles. The molecular formula is C11H13N3O5. The largest absolute Gasteiger partial charge is 0.478 e. The molecule has 0 radical (unpaired) electrons. The Morgan fingerprint density at radius 3 is 2.58 bits per heavy atom. The van der Waals surface area contributed by atoms with E-state index < -0.39 is 10.9 Å². The summed E-state index contributed by atoms with van der Waals surface area (Å²) in [7, 11) is 0. The van der Waals surface area contributed by atoms with E-state index in [0.717, 1.165) is 0 Å². The highest BCUT2D eigenvalue weighted by atomic mass is 16.6. The van der Waals surface area contributed by atoms with Crippen LogP contribution in [-0.2, 0) is 4.79 Å². The number of aromatic carboxylic acids is 1. The lowest BCUT2D eigenvalue weighted by molar-refractivity contribution is -0.384. The average molecular weight is 267 g/mol. The Bertz CT molecular complexity index is 483. The molecule has 0 unspecified atom stereocenters. The lowest BCUT2D eigenvalue weighted by Gasteiger charge is -2.10. The summed E-state index contributed by atoms with van der Waals surface area (Å²) in [6, 6.07) is 3.80. The van der Waals surface area contributed by atoms with E-state index in [4.69, 9.17) is 5.11 Å². The Hall–Kier alpha value is -2.64. The first-order chi connectivity index (χ1) is 8.93. The predicted octanol–water partition coefficient (Wildman–Crippen LogP) is 0.841. The van der Waals surface area contributed by atoms with Crippen molar-refractivity contribution in [1.29, 1.82) is 0 Å². The van der Waals surface area contributed by atoms with Gasteiger partial charge in [0.25, 0.3) is 5.69 Å². The maximum atomic E-state index is 11.0. The maximum Gasteiger partial charge on any atom is 0.338 e. The second-order valence-corrected chi connectivity index (χ2v) is 3.67. The van der Waals surface area contributed by atoms with E-state index in [2.05, 4.69) is 10.6 Å². The third kappa shape index (κ3) is 3.95. The van der Waals surface area contributed by atoms with Gasteiger partial charge in [-0.05, 0) is 6.07 Å². The standard InChI is InChI=1S/C11H13N3O5/c1-7(15)12-5-6-13-10-8(11(16)17)3-2-4-9(10)14(18)19/h2-4,13H,5-6H2,1H3,(H,12,15)(H,16,17). The molecule has 3 N–H and O–H groups in total. The number of nitro benzene ring substituents is 1. The van der Waals surface area contributed by atoms with Gasteiger partial charge >= 0.3 is 5.97 Å². The predicted molar refractivity (Wildman–Crippen MR) is 67.2 cm³/mol. The van der Waals surface area contributed by atoms with Crippen molar-refractivity contribution in [3.8, 4) is 0 Å². The second kappa shape index (κ2) is 6.34. The topological polar surface area (TPSA) is 122 Å². The van der Waals surface area contributed by atoms with Crippen LogP contribution in [0, 0.1) is 10.1 Å². The lowest BCUT2D eigenvalue weighted by atomic mass is 10.1. The number of carbonyl (C=O) groups is 2. The molecular weight excluding hydrogens is 254 g/mol. The number of nitrogens with one attached hydrogen (secondary N) is 2. The summed E-state index contributed by atoms with van der Waals surface area (Å²) in [4.78, 5) is 31.9. The van der Waals surface area contributed by atoms with Crippen LogP contribution in [-0.4, -0.2) is 35.0 Å². The van der Waals surface area contributed by atoms with E-state index in [-0.39, 0.29) is 35.9 Å². The number of nitro groups is 1. The minimum absolute atomic E-state index is 0.0645. The highest BCUT2D eigenvalue weighted by Crippen LogP contribution is 2.27. The van der Waals surface area contributed by atoms with Crippen LogP contribution in [0.15, 0.2) is 18.2 Å². The van der Waals surface area contributed by atoms with Crippen molar-refractivity contribution in [2.75, 3.05) is 18.4 Å². The Kier molecular flexibility index (Phi) is 4.81. The quantitative estimate of drug-likeness (QED) is 0.399. The normalized spacial score (nSPS) is 9.74. The number of benzene rings is 1. The van der Waals surface area contributed by atoms with Gasteiger partial charge < -0.3 is 15.7 Å². The van der Waals surface area contributed by atoms with Crippen LogP contribution in [0.5, 0.6) is 0 Å². The zero-order chi connectivity index (χ0) is 14.4. The molecule has 1 aromatic rings. The smallest absolute Gasteiger partial charge is 0.338 e. The molecule has 1 aromatic carbocycles. The van der Waals surface area contributed by atoms with Crippen molar-refractivity contribution >= 4 is 23.3 Å². The van der Waals surface area contributed by atoms with Gasteiger partial charge in [0.15, 0.2) is 0 Å². The minimum Gasteiger partial charge on any atom is -0.478 e. The van der Waals surface area contributed by atoms with Crippen LogP contribution in [0.4, 0.5) is 11.4 Å². The fourth-order valence-electron chi connectivity index (χ4n) is 1.48. The fraction of sp³-hybridized carbons (Fsp3) is 0.273. The van der Waals surface area contributed by atoms with Crippen LogP contribution >= 0.6 is 0 Å². The van der Waals surface area contributed by atoms with Crippen molar-refractivity contribution in [3.63, 3.8) is 0 Å². The van der Waals surface area contributed by atoms with Gasteiger partial charge in [-0.15, -0.1) is 0 Å². The molecule has 0 spiro atoms. The van der Waals surface area contributed by atoms with Crippen LogP contribution in [0.2, 0.25) is 0 Å². The summed E-state index contributed by atoms with van der Waals surface area (Å²) >= 11 is 0. The third-order valence-electron chi connectivity index (χ3n) is 2.27. The number of carboxylic acids is 1. The summed E-state index contributed by atoms with van der Waals surface area (Å²) in [5, 5.41) is 25.0. The van der Waals surface area contributed by atoms with E-state index in [9.17, 15) is 19.7 Å². The molecule has 0 fully saturated rings. The van der Waals surface area contributed by atoms with Gasteiger partial charge in [0.1, 0.15) is 5.69 Å². The number of amides is 1. The summed E-state index contributed by atoms with van der Waals surface area (Å²) in [6.45, 7) is 1.76. The molecule has 0 bridgehead atoms. The number of hydrogen-bond acceptors (Lipinski definition) is 5. The maximum absolute atomic E-state index is 11.0. The van der Waals surface area contributed by atoms with Crippen molar-refractivity contribution in [3.05, 3.63) is 33.9 Å². The van der Waals surface area contributed by atoms with Crippen LogP contribution in [0.1, 0.15) is 17.3 Å². The van der Waals surface area contributed by atoms with Gasteiger partial charge in [0.05, 0.1) is 10.5 Å². The molecule has 8 heteroatoms. The monoisotopic (exact) mass is 267 g/mol. The number of hydrogen-bond donors (Lipinski definition) is 3. The van der Waals surface area contributed by atoms with Gasteiger partial charge in [0.2, 0.25) is 5.91 Å². The zero-order valence-electron chi connectivity index (χ0n) is 10.2. The minimum atomic E-state index is -1.26. The van der Waals surface area contributed by atoms with E-state index in [0.29, 0.717) is 0 Å². The SMILES string of the molecule is CC(=O)NCCNc1c(C(=O)O)cccc1[N+](=O)[O-]. The van der Waals surface area contributed by atoms with Gasteiger partial charge in [-0.25, -0.2) is 4.79 Å². The molecule has 0 aromatic heterocycles. The van der Waals surface area contributed by atoms with E-state index in [1.807, 2.05) is 0 Å². The van der Waals surface area contributed by atoms with Gasteiger partial charge in [-0.1, -0.05) is 6.07 Å². The first kappa shape index (κ1) is 14.4. The van der Waals surface area contributed by atoms with E-state index in [1.54, 1.807) is 0 Å². The van der Waals surface area contributed by atoms with E-state index in [1.165, 1.54) is 25.1 Å². The molecule has 0 atom stereocenters. The van der Waals surface area contributed by atoms with E-state index >= 15 is 0 Å². The third-order valence-corrected chi connectivity index (χ3v) is 2.27. The van der Waals surface area contributed by atoms with Crippen molar-refractivity contribution in [2.24, 2.45) is 0 Å². The van der Waals surface area contributed by atoms with Gasteiger partial charge in [-0.2, -0.15) is 0 Å². The molecule has 102 valence electrons. The number of rotatable bonds is 6. The Balaban J connectivity index is 2.92. The van der Waals surface area contributed by atoms with Gasteiger partial charge in [0, 0.05) is 26.1 Å². The zero-order valence-corrected chi connectivity index (χ0v) is 10.2. The fourth-order valence-corrected chi connectivity index (χ4v) is 1.48. The molecule has 1 amide bonds. The summed E-state index contributed by atoms with van der Waals surface area (Å²) in [5.41, 5.74) is -0.565. The Morgan fingerprint density at radius 1 is 1.37 bits per heavy atom. The molecule has 0 saturated carbocycles. The van der Waals surface area contributed by atoms with Crippen LogP contribution in [0.3, 0.4) is 0 Å². The number of nitrogens with zero attached hydrogens (tertiary/aromatic N) is 1. The summed E-state index contributed by atoms with van der Waals surface area (Å²) < 4.78 is 0. The van der Waals surface area contributed by atoms with Crippen molar-refractivity contribution in [1.82, 2.24) is 5.32 Å². The Morgan fingerprint density at radius 2 is 2.05 bits per heavy atom.